The van der Waals surface area contributed by atoms with Crippen LogP contribution in [0.4, 0.5) is 5.69 Å². The molecule has 1 rings (SSSR count). The van der Waals surface area contributed by atoms with E-state index in [1.165, 1.54) is 0 Å². The minimum absolute atomic E-state index is 0.483. The monoisotopic (exact) mass is 208 g/mol. The highest BCUT2D eigenvalue weighted by Gasteiger charge is 2.02. The van der Waals surface area contributed by atoms with E-state index in [0.29, 0.717) is 17.2 Å². The topological polar surface area (TPSA) is 47.7 Å². The van der Waals surface area contributed by atoms with Gasteiger partial charge in [-0.05, 0) is 18.2 Å². The van der Waals surface area contributed by atoms with Gasteiger partial charge < -0.3 is 10.0 Å². The number of hydrogen-bond donors (Lipinski definition) is 0. The van der Waals surface area contributed by atoms with Gasteiger partial charge in [-0.3, -0.25) is 0 Å². The predicted octanol–water partition coefficient (Wildman–Crippen LogP) is 3.32. The second kappa shape index (κ2) is 6.01. The number of hydrogen-bond acceptors (Lipinski definition) is 3. The van der Waals surface area contributed by atoms with E-state index < -0.39 is 0 Å². The van der Waals surface area contributed by atoms with Crippen LogP contribution in [0.15, 0.2) is 29.5 Å². The van der Waals surface area contributed by atoms with E-state index in [0.717, 1.165) is 18.4 Å². The molecule has 0 fully saturated rings. The van der Waals surface area contributed by atoms with E-state index >= 15 is 0 Å². The van der Waals surface area contributed by atoms with Crippen molar-refractivity contribution in [2.24, 2.45) is 5.28 Å². The molecular weight excluding hydrogens is 192 g/mol. The minimum Gasteiger partial charge on any atom is -0.592 e. The van der Waals surface area contributed by atoms with Crippen LogP contribution in [0.25, 0.3) is 0 Å². The normalized spacial score (nSPS) is 11.5. The van der Waals surface area contributed by atoms with E-state index in [-0.39, 0.29) is 0 Å². The van der Waals surface area contributed by atoms with Crippen LogP contribution >= 0.6 is 0 Å². The summed E-state index contributed by atoms with van der Waals surface area (Å²) < 4.78 is 0. The van der Waals surface area contributed by atoms with Gasteiger partial charge in [0, 0.05) is 12.1 Å². The fourth-order valence-electron chi connectivity index (χ4n) is 1.02. The molecule has 0 unspecified atom stereocenters. The molecule has 0 spiro atoms. The quantitative estimate of drug-likeness (QED) is 0.322. The molecule has 0 N–H and O–H groups in total. The molecule has 0 aromatic heterocycles. The molecule has 82 valence electrons. The molecule has 0 atom stereocenters. The maximum Gasteiger partial charge on any atom is 0.248 e. The van der Waals surface area contributed by atoms with Crippen molar-refractivity contribution >= 4 is 5.69 Å². The Morgan fingerprint density at radius 2 is 2.00 bits per heavy atom. The summed E-state index contributed by atoms with van der Waals surface area (Å²) in [6, 6.07) is 7.16. The van der Waals surface area contributed by atoms with Gasteiger partial charge in [0.25, 0.3) is 0 Å². The number of aryl methyl sites for hydroxylation is 1. The molecule has 0 aliphatic heterocycles. The minimum atomic E-state index is 0.483. The standard InChI is InChI=1S/C11H16N2O2/c1-3-4-9-15-12-13(14)11-7-5-10(2)6-8-11/h5-8H,3-4,9H2,1-2H3/b13-12-. The summed E-state index contributed by atoms with van der Waals surface area (Å²) in [5.74, 6) is 0. The Bertz CT molecular complexity index is 320. The molecule has 0 heterocycles. The third kappa shape index (κ3) is 3.97. The molecule has 1 aromatic rings. The fourth-order valence-corrected chi connectivity index (χ4v) is 1.02. The van der Waals surface area contributed by atoms with Gasteiger partial charge in [0.15, 0.2) is 0 Å². The van der Waals surface area contributed by atoms with Crippen molar-refractivity contribution in [2.75, 3.05) is 6.61 Å². The lowest BCUT2D eigenvalue weighted by molar-refractivity contribution is -0.478. The highest BCUT2D eigenvalue weighted by atomic mass is 16.7. The molecule has 4 nitrogen and oxygen atoms in total. The summed E-state index contributed by atoms with van der Waals surface area (Å²) in [7, 11) is 0. The van der Waals surface area contributed by atoms with Crippen molar-refractivity contribution in [3.63, 3.8) is 0 Å². The summed E-state index contributed by atoms with van der Waals surface area (Å²) in [6.07, 6.45) is 1.93. The van der Waals surface area contributed by atoms with Crippen molar-refractivity contribution in [2.45, 2.75) is 26.7 Å². The Labute approximate surface area is 89.7 Å². The first-order valence-electron chi connectivity index (χ1n) is 5.11. The molecule has 0 aliphatic rings. The van der Waals surface area contributed by atoms with Crippen LogP contribution in [0.2, 0.25) is 0 Å². The SMILES string of the molecule is CCCCO/N=[N+](\[O-])c1ccc(C)cc1. The first-order chi connectivity index (χ1) is 7.24. The van der Waals surface area contributed by atoms with E-state index in [4.69, 9.17) is 4.84 Å². The lowest BCUT2D eigenvalue weighted by Gasteiger charge is -1.99. The molecule has 0 radical (unpaired) electrons. The van der Waals surface area contributed by atoms with Crippen LogP contribution in [-0.2, 0) is 4.84 Å². The number of nitrogens with zero attached hydrogens (tertiary/aromatic N) is 2. The molecule has 15 heavy (non-hydrogen) atoms. The van der Waals surface area contributed by atoms with Crippen molar-refractivity contribution in [3.05, 3.63) is 35.0 Å². The maximum atomic E-state index is 11.3. The molecule has 0 amide bonds. The largest absolute Gasteiger partial charge is 0.592 e. The second-order valence-electron chi connectivity index (χ2n) is 3.38. The molecular formula is C11H16N2O2. The summed E-state index contributed by atoms with van der Waals surface area (Å²) in [4.78, 5) is 5.35. The van der Waals surface area contributed by atoms with Gasteiger partial charge in [-0.25, -0.2) is 0 Å². The highest BCUT2D eigenvalue weighted by Crippen LogP contribution is 2.12. The summed E-state index contributed by atoms with van der Waals surface area (Å²) in [6.45, 7) is 4.51. The smallest absolute Gasteiger partial charge is 0.248 e. The fraction of sp³-hybridized carbons (Fsp3) is 0.455. The van der Waals surface area contributed by atoms with Gasteiger partial charge in [-0.15, -0.1) is 0 Å². The second-order valence-corrected chi connectivity index (χ2v) is 3.38. The third-order valence-electron chi connectivity index (χ3n) is 1.98. The number of unbranched alkanes of at least 4 members (excludes halogenated alkanes) is 1. The van der Waals surface area contributed by atoms with Crippen LogP contribution in [0.3, 0.4) is 0 Å². The zero-order valence-electron chi connectivity index (χ0n) is 9.14. The summed E-state index contributed by atoms with van der Waals surface area (Å²) >= 11 is 0. The molecule has 0 saturated heterocycles. The molecule has 0 aliphatic carbocycles. The van der Waals surface area contributed by atoms with Gasteiger partial charge in [-0.2, -0.15) is 0 Å². The Morgan fingerprint density at radius 3 is 2.60 bits per heavy atom. The molecule has 0 saturated carbocycles. The lowest BCUT2D eigenvalue weighted by Crippen LogP contribution is -1.95. The van der Waals surface area contributed by atoms with Crippen LogP contribution in [-0.4, -0.2) is 11.5 Å². The predicted molar refractivity (Wildman–Crippen MR) is 57.8 cm³/mol. The molecule has 4 heteroatoms. The van der Waals surface area contributed by atoms with E-state index in [9.17, 15) is 5.21 Å². The number of benzene rings is 1. The van der Waals surface area contributed by atoms with Crippen molar-refractivity contribution in [1.29, 1.82) is 0 Å². The van der Waals surface area contributed by atoms with Crippen molar-refractivity contribution in [1.82, 2.24) is 0 Å². The van der Waals surface area contributed by atoms with E-state index in [2.05, 4.69) is 12.2 Å². The lowest BCUT2D eigenvalue weighted by atomic mass is 10.2. The van der Waals surface area contributed by atoms with Gasteiger partial charge in [0.1, 0.15) is 6.61 Å². The average molecular weight is 208 g/mol. The zero-order valence-corrected chi connectivity index (χ0v) is 9.14. The van der Waals surface area contributed by atoms with Crippen LogP contribution in [0.1, 0.15) is 25.3 Å². The highest BCUT2D eigenvalue weighted by molar-refractivity contribution is 5.31. The Morgan fingerprint density at radius 1 is 1.33 bits per heavy atom. The number of rotatable bonds is 5. The Kier molecular flexibility index (Phi) is 4.60. The van der Waals surface area contributed by atoms with Gasteiger partial charge in [0.05, 0.1) is 0 Å². The Balaban J connectivity index is 2.52. The molecule has 1 aromatic carbocycles. The first kappa shape index (κ1) is 11.5. The van der Waals surface area contributed by atoms with Gasteiger partial charge >= 0.3 is 0 Å². The Hall–Kier alpha value is -1.58. The first-order valence-corrected chi connectivity index (χ1v) is 5.11. The van der Waals surface area contributed by atoms with Crippen LogP contribution in [0.5, 0.6) is 0 Å². The van der Waals surface area contributed by atoms with Crippen molar-refractivity contribution < 1.29 is 9.70 Å². The zero-order chi connectivity index (χ0) is 11.1. The van der Waals surface area contributed by atoms with E-state index in [1.807, 2.05) is 19.1 Å². The van der Waals surface area contributed by atoms with Crippen molar-refractivity contribution in [3.8, 4) is 0 Å². The summed E-state index contributed by atoms with van der Waals surface area (Å²) in [5, 5.41) is 14.8. The van der Waals surface area contributed by atoms with E-state index in [1.54, 1.807) is 12.1 Å². The molecule has 0 bridgehead atoms. The average Bonchev–Trinajstić information content (AvgIpc) is 2.25. The van der Waals surface area contributed by atoms with Crippen LogP contribution < -0.4 is 0 Å². The van der Waals surface area contributed by atoms with Gasteiger partial charge in [0.2, 0.25) is 11.0 Å². The van der Waals surface area contributed by atoms with Gasteiger partial charge in [-0.1, -0.05) is 31.0 Å². The van der Waals surface area contributed by atoms with Crippen LogP contribution in [0, 0.1) is 12.1 Å². The maximum absolute atomic E-state index is 11.3. The third-order valence-corrected chi connectivity index (χ3v) is 1.98. The summed E-state index contributed by atoms with van der Waals surface area (Å²) in [5.41, 5.74) is 1.59.